The van der Waals surface area contributed by atoms with Crippen LogP contribution in [0, 0.1) is 10.1 Å². The van der Waals surface area contributed by atoms with Crippen LogP contribution in [0.15, 0.2) is 29.4 Å². The standard InChI is InChI=1S/C19H29N3O3/c1-3-4-5-6-7-8-9-10-14-19(23)21-20-16(2)17-12-11-13-18(15-17)22(24)25/h11-13,15H,3-10,14H2,1-2H3,(H,21,23). The maximum Gasteiger partial charge on any atom is 0.270 e. The lowest BCUT2D eigenvalue weighted by atomic mass is 10.1. The van der Waals surface area contributed by atoms with Crippen LogP contribution in [0.5, 0.6) is 0 Å². The lowest BCUT2D eigenvalue weighted by Gasteiger charge is -2.04. The number of hydrogen-bond acceptors (Lipinski definition) is 4. The molecule has 0 saturated heterocycles. The van der Waals surface area contributed by atoms with Gasteiger partial charge in [-0.15, -0.1) is 0 Å². The lowest BCUT2D eigenvalue weighted by molar-refractivity contribution is -0.384. The second kappa shape index (κ2) is 12.2. The molecule has 0 atom stereocenters. The van der Waals surface area contributed by atoms with Crippen LogP contribution in [0.2, 0.25) is 0 Å². The van der Waals surface area contributed by atoms with E-state index < -0.39 is 4.92 Å². The number of nitrogens with zero attached hydrogens (tertiary/aromatic N) is 2. The van der Waals surface area contributed by atoms with Gasteiger partial charge in [0.25, 0.3) is 5.69 Å². The Morgan fingerprint density at radius 2 is 1.76 bits per heavy atom. The van der Waals surface area contributed by atoms with E-state index in [4.69, 9.17) is 0 Å². The highest BCUT2D eigenvalue weighted by molar-refractivity contribution is 5.99. The number of nitro groups is 1. The summed E-state index contributed by atoms with van der Waals surface area (Å²) >= 11 is 0. The van der Waals surface area contributed by atoms with Gasteiger partial charge in [0.2, 0.25) is 5.91 Å². The fourth-order valence-electron chi connectivity index (χ4n) is 2.53. The number of benzene rings is 1. The molecule has 0 fully saturated rings. The summed E-state index contributed by atoms with van der Waals surface area (Å²) in [5.41, 5.74) is 3.71. The van der Waals surface area contributed by atoms with Crippen molar-refractivity contribution in [2.45, 2.75) is 71.6 Å². The monoisotopic (exact) mass is 347 g/mol. The number of carbonyl (C=O) groups is 1. The van der Waals surface area contributed by atoms with Crippen LogP contribution in [0.25, 0.3) is 0 Å². The maximum absolute atomic E-state index is 11.8. The Morgan fingerprint density at radius 3 is 2.40 bits per heavy atom. The summed E-state index contributed by atoms with van der Waals surface area (Å²) < 4.78 is 0. The number of nitro benzene ring substituents is 1. The molecule has 1 aromatic rings. The topological polar surface area (TPSA) is 84.6 Å². The van der Waals surface area contributed by atoms with E-state index in [2.05, 4.69) is 17.5 Å². The molecular weight excluding hydrogens is 318 g/mol. The maximum atomic E-state index is 11.8. The second-order valence-electron chi connectivity index (χ2n) is 6.26. The first kappa shape index (κ1) is 20.8. The summed E-state index contributed by atoms with van der Waals surface area (Å²) in [5, 5.41) is 14.8. The van der Waals surface area contributed by atoms with Gasteiger partial charge in [0.15, 0.2) is 0 Å². The van der Waals surface area contributed by atoms with Gasteiger partial charge in [-0.25, -0.2) is 5.43 Å². The molecule has 1 N–H and O–H groups in total. The molecule has 0 aromatic heterocycles. The first-order chi connectivity index (χ1) is 12.0. The van der Waals surface area contributed by atoms with Crippen molar-refractivity contribution in [3.8, 4) is 0 Å². The highest BCUT2D eigenvalue weighted by Crippen LogP contribution is 2.13. The smallest absolute Gasteiger partial charge is 0.270 e. The van der Waals surface area contributed by atoms with Gasteiger partial charge in [-0.1, -0.05) is 64.0 Å². The first-order valence-electron chi connectivity index (χ1n) is 9.12. The predicted molar refractivity (Wildman–Crippen MR) is 101 cm³/mol. The van der Waals surface area contributed by atoms with Crippen molar-refractivity contribution in [2.75, 3.05) is 0 Å². The van der Waals surface area contributed by atoms with Crippen molar-refractivity contribution in [1.29, 1.82) is 0 Å². The van der Waals surface area contributed by atoms with E-state index >= 15 is 0 Å². The van der Waals surface area contributed by atoms with Crippen LogP contribution in [0.4, 0.5) is 5.69 Å². The summed E-state index contributed by atoms with van der Waals surface area (Å²) in [7, 11) is 0. The summed E-state index contributed by atoms with van der Waals surface area (Å²) in [6.45, 7) is 3.93. The molecule has 0 aliphatic heterocycles. The Balaban J connectivity index is 2.27. The summed E-state index contributed by atoms with van der Waals surface area (Å²) in [4.78, 5) is 22.1. The van der Waals surface area contributed by atoms with Crippen LogP contribution < -0.4 is 5.43 Å². The number of hydrazone groups is 1. The number of non-ortho nitro benzene ring substituents is 1. The average Bonchev–Trinajstić information content (AvgIpc) is 2.62. The van der Waals surface area contributed by atoms with Crippen molar-refractivity contribution < 1.29 is 9.72 Å². The van der Waals surface area contributed by atoms with Crippen molar-refractivity contribution in [3.05, 3.63) is 39.9 Å². The third-order valence-corrected chi connectivity index (χ3v) is 4.08. The number of nitrogens with one attached hydrogen (secondary N) is 1. The van der Waals surface area contributed by atoms with Crippen LogP contribution in [-0.2, 0) is 4.79 Å². The third kappa shape index (κ3) is 8.98. The minimum atomic E-state index is -0.447. The number of amides is 1. The van der Waals surface area contributed by atoms with Crippen molar-refractivity contribution in [3.63, 3.8) is 0 Å². The minimum absolute atomic E-state index is 0.0114. The fraction of sp³-hybridized carbons (Fsp3) is 0.579. The van der Waals surface area contributed by atoms with Gasteiger partial charge < -0.3 is 0 Å². The molecule has 0 radical (unpaired) electrons. The molecule has 6 nitrogen and oxygen atoms in total. The molecule has 0 saturated carbocycles. The zero-order valence-corrected chi connectivity index (χ0v) is 15.3. The zero-order chi connectivity index (χ0) is 18.5. The van der Waals surface area contributed by atoms with E-state index in [1.165, 1.54) is 50.7 Å². The molecule has 1 aromatic carbocycles. The number of hydrogen-bond donors (Lipinski definition) is 1. The highest BCUT2D eigenvalue weighted by atomic mass is 16.6. The Morgan fingerprint density at radius 1 is 1.12 bits per heavy atom. The largest absolute Gasteiger partial charge is 0.273 e. The van der Waals surface area contributed by atoms with E-state index in [9.17, 15) is 14.9 Å². The molecule has 1 amide bonds. The van der Waals surface area contributed by atoms with Gasteiger partial charge in [0.05, 0.1) is 10.6 Å². The third-order valence-electron chi connectivity index (χ3n) is 4.08. The van der Waals surface area contributed by atoms with Crippen LogP contribution >= 0.6 is 0 Å². The van der Waals surface area contributed by atoms with Crippen molar-refractivity contribution in [2.24, 2.45) is 5.10 Å². The first-order valence-corrected chi connectivity index (χ1v) is 9.12. The summed E-state index contributed by atoms with van der Waals surface area (Å²) in [6, 6.07) is 6.21. The molecule has 1 rings (SSSR count). The summed E-state index contributed by atoms with van der Waals surface area (Å²) in [5.74, 6) is -0.115. The van der Waals surface area contributed by atoms with Gasteiger partial charge in [-0.3, -0.25) is 14.9 Å². The Kier molecular flexibility index (Phi) is 10.1. The number of carbonyl (C=O) groups excluding carboxylic acids is 1. The van der Waals surface area contributed by atoms with Gasteiger partial charge >= 0.3 is 0 Å². The van der Waals surface area contributed by atoms with Gasteiger partial charge in [0.1, 0.15) is 0 Å². The normalized spacial score (nSPS) is 11.4. The number of unbranched alkanes of at least 4 members (excludes halogenated alkanes) is 7. The quantitative estimate of drug-likeness (QED) is 0.251. The van der Waals surface area contributed by atoms with Crippen LogP contribution in [0.1, 0.15) is 77.2 Å². The molecule has 0 spiro atoms. The SMILES string of the molecule is CCCCCCCCCCC(=O)NN=C(C)c1cccc([N+](=O)[O-])c1. The van der Waals surface area contributed by atoms with Crippen LogP contribution in [-0.4, -0.2) is 16.5 Å². The van der Waals surface area contributed by atoms with E-state index in [1.54, 1.807) is 19.1 Å². The Labute approximate surface area is 149 Å². The highest BCUT2D eigenvalue weighted by Gasteiger charge is 2.08. The van der Waals surface area contributed by atoms with Gasteiger partial charge in [-0.05, 0) is 13.3 Å². The molecule has 0 unspecified atom stereocenters. The molecule has 0 heterocycles. The Hall–Kier alpha value is -2.24. The molecule has 6 heteroatoms. The Bertz CT molecular complexity index is 585. The molecule has 0 aliphatic carbocycles. The van der Waals surface area contributed by atoms with E-state index in [0.717, 1.165) is 12.8 Å². The average molecular weight is 347 g/mol. The summed E-state index contributed by atoms with van der Waals surface area (Å²) in [6.07, 6.45) is 9.97. The van der Waals surface area contributed by atoms with Crippen molar-refractivity contribution >= 4 is 17.3 Å². The second-order valence-corrected chi connectivity index (χ2v) is 6.26. The minimum Gasteiger partial charge on any atom is -0.273 e. The van der Waals surface area contributed by atoms with E-state index in [1.807, 2.05) is 0 Å². The predicted octanol–water partition coefficient (Wildman–Crippen LogP) is 4.97. The molecule has 25 heavy (non-hydrogen) atoms. The molecule has 138 valence electrons. The lowest BCUT2D eigenvalue weighted by Crippen LogP contribution is -2.18. The van der Waals surface area contributed by atoms with E-state index in [0.29, 0.717) is 17.7 Å². The molecule has 0 aliphatic rings. The van der Waals surface area contributed by atoms with Crippen LogP contribution in [0.3, 0.4) is 0 Å². The molecular formula is C19H29N3O3. The van der Waals surface area contributed by atoms with Gasteiger partial charge in [-0.2, -0.15) is 5.10 Å². The van der Waals surface area contributed by atoms with Crippen molar-refractivity contribution in [1.82, 2.24) is 5.43 Å². The van der Waals surface area contributed by atoms with Gasteiger partial charge in [0, 0.05) is 24.1 Å². The zero-order valence-electron chi connectivity index (χ0n) is 15.3. The number of rotatable bonds is 12. The van der Waals surface area contributed by atoms with E-state index in [-0.39, 0.29) is 11.6 Å². The molecule has 0 bridgehead atoms. The fourth-order valence-corrected chi connectivity index (χ4v) is 2.53.